The number of hydrogen-bond acceptors (Lipinski definition) is 2. The summed E-state index contributed by atoms with van der Waals surface area (Å²) in [7, 11) is 2.16. The van der Waals surface area contributed by atoms with E-state index in [-0.39, 0.29) is 0 Å². The summed E-state index contributed by atoms with van der Waals surface area (Å²) in [5, 5.41) is 4.66. The van der Waals surface area contributed by atoms with Gasteiger partial charge in [0.25, 0.3) is 0 Å². The molecule has 0 aliphatic rings. The molecule has 0 saturated heterocycles. The van der Waals surface area contributed by atoms with Crippen molar-refractivity contribution >= 4 is 15.9 Å². The summed E-state index contributed by atoms with van der Waals surface area (Å²) in [6.07, 6.45) is 0.961. The minimum atomic E-state index is 0.898. The zero-order chi connectivity index (χ0) is 15.4. The number of rotatable bonds is 6. The molecule has 0 N–H and O–H groups in total. The standard InChI is InChI=1S/C17H24BrN3/c1-5-15-17(18)16(21(6-2)19-15)12-20(4)11-14-9-7-13(3)8-10-14/h7-10H,5-6,11-12H2,1-4H3. The summed E-state index contributed by atoms with van der Waals surface area (Å²) < 4.78 is 3.27. The van der Waals surface area contributed by atoms with Crippen LogP contribution in [0.15, 0.2) is 28.7 Å². The molecule has 1 aromatic heterocycles. The van der Waals surface area contributed by atoms with Crippen LogP contribution >= 0.6 is 15.9 Å². The fourth-order valence-corrected chi connectivity index (χ4v) is 3.17. The summed E-state index contributed by atoms with van der Waals surface area (Å²) in [5.41, 5.74) is 5.07. The molecule has 0 fully saturated rings. The highest BCUT2D eigenvalue weighted by atomic mass is 79.9. The predicted molar refractivity (Wildman–Crippen MR) is 91.3 cm³/mol. The number of aromatic nitrogens is 2. The zero-order valence-electron chi connectivity index (χ0n) is 13.4. The van der Waals surface area contributed by atoms with Crippen LogP contribution in [0.3, 0.4) is 0 Å². The zero-order valence-corrected chi connectivity index (χ0v) is 14.9. The Hall–Kier alpha value is -1.13. The number of halogens is 1. The summed E-state index contributed by atoms with van der Waals surface area (Å²) >= 11 is 3.72. The largest absolute Gasteiger partial charge is 0.296 e. The first-order chi connectivity index (χ1) is 10.0. The third-order valence-corrected chi connectivity index (χ3v) is 4.60. The third kappa shape index (κ3) is 3.95. The second kappa shape index (κ2) is 7.23. The molecule has 0 unspecified atom stereocenters. The molecule has 0 spiro atoms. The van der Waals surface area contributed by atoms with Gasteiger partial charge in [0.15, 0.2) is 0 Å². The van der Waals surface area contributed by atoms with Crippen molar-refractivity contribution in [3.05, 3.63) is 51.3 Å². The average molecular weight is 350 g/mol. The minimum absolute atomic E-state index is 0.898. The molecule has 21 heavy (non-hydrogen) atoms. The monoisotopic (exact) mass is 349 g/mol. The van der Waals surface area contributed by atoms with E-state index in [0.29, 0.717) is 0 Å². The fourth-order valence-electron chi connectivity index (χ4n) is 2.49. The van der Waals surface area contributed by atoms with Crippen molar-refractivity contribution in [2.45, 2.75) is 46.8 Å². The van der Waals surface area contributed by atoms with Gasteiger partial charge in [0.05, 0.1) is 15.9 Å². The smallest absolute Gasteiger partial charge is 0.0767 e. The summed E-state index contributed by atoms with van der Waals surface area (Å²) in [6, 6.07) is 8.75. The van der Waals surface area contributed by atoms with Gasteiger partial charge in [-0.15, -0.1) is 0 Å². The van der Waals surface area contributed by atoms with Crippen LogP contribution in [-0.2, 0) is 26.1 Å². The maximum absolute atomic E-state index is 4.66. The van der Waals surface area contributed by atoms with Gasteiger partial charge >= 0.3 is 0 Å². The lowest BCUT2D eigenvalue weighted by Gasteiger charge is -2.18. The van der Waals surface area contributed by atoms with Crippen LogP contribution in [-0.4, -0.2) is 21.7 Å². The van der Waals surface area contributed by atoms with Crippen LogP contribution in [0.2, 0.25) is 0 Å². The third-order valence-electron chi connectivity index (χ3n) is 3.69. The van der Waals surface area contributed by atoms with E-state index >= 15 is 0 Å². The van der Waals surface area contributed by atoms with E-state index in [0.717, 1.165) is 31.7 Å². The van der Waals surface area contributed by atoms with Crippen LogP contribution in [0.25, 0.3) is 0 Å². The van der Waals surface area contributed by atoms with Gasteiger partial charge in [0.2, 0.25) is 0 Å². The predicted octanol–water partition coefficient (Wildman–Crippen LogP) is 4.17. The SMILES string of the molecule is CCc1nn(CC)c(CN(C)Cc2ccc(C)cc2)c1Br. The maximum Gasteiger partial charge on any atom is 0.0767 e. The second-order valence-corrected chi connectivity index (χ2v) is 6.33. The molecule has 0 atom stereocenters. The van der Waals surface area contributed by atoms with E-state index < -0.39 is 0 Å². The number of benzene rings is 1. The van der Waals surface area contributed by atoms with E-state index in [1.165, 1.54) is 21.3 Å². The Bertz CT molecular complexity index is 587. The van der Waals surface area contributed by atoms with Crippen molar-refractivity contribution in [3.8, 4) is 0 Å². The van der Waals surface area contributed by atoms with Gasteiger partial charge in [-0.1, -0.05) is 36.8 Å². The molecular weight excluding hydrogens is 326 g/mol. The van der Waals surface area contributed by atoms with E-state index in [9.17, 15) is 0 Å². The van der Waals surface area contributed by atoms with Crippen LogP contribution in [0.4, 0.5) is 0 Å². The highest BCUT2D eigenvalue weighted by molar-refractivity contribution is 9.10. The lowest BCUT2D eigenvalue weighted by atomic mass is 10.1. The van der Waals surface area contributed by atoms with E-state index in [4.69, 9.17) is 0 Å². The molecule has 114 valence electrons. The highest BCUT2D eigenvalue weighted by Gasteiger charge is 2.15. The Balaban J connectivity index is 2.10. The first kappa shape index (κ1) is 16.2. The summed E-state index contributed by atoms with van der Waals surface area (Å²) in [6.45, 7) is 9.16. The molecule has 1 heterocycles. The van der Waals surface area contributed by atoms with Gasteiger partial charge in [0, 0.05) is 19.6 Å². The quantitative estimate of drug-likeness (QED) is 0.780. The Morgan fingerprint density at radius 2 is 1.81 bits per heavy atom. The normalized spacial score (nSPS) is 11.3. The minimum Gasteiger partial charge on any atom is -0.296 e. The second-order valence-electron chi connectivity index (χ2n) is 5.53. The van der Waals surface area contributed by atoms with Gasteiger partial charge in [-0.05, 0) is 48.8 Å². The van der Waals surface area contributed by atoms with E-state index in [1.807, 2.05) is 0 Å². The van der Waals surface area contributed by atoms with E-state index in [1.54, 1.807) is 0 Å². The number of hydrogen-bond donors (Lipinski definition) is 0. The summed E-state index contributed by atoms with van der Waals surface area (Å²) in [5.74, 6) is 0. The number of aryl methyl sites for hydroxylation is 3. The van der Waals surface area contributed by atoms with Crippen molar-refractivity contribution in [1.82, 2.24) is 14.7 Å². The van der Waals surface area contributed by atoms with Crippen molar-refractivity contribution in [2.75, 3.05) is 7.05 Å². The van der Waals surface area contributed by atoms with Crippen molar-refractivity contribution in [2.24, 2.45) is 0 Å². The Kier molecular flexibility index (Phi) is 5.59. The molecule has 0 aliphatic heterocycles. The molecule has 1 aromatic carbocycles. The Labute approximate surface area is 136 Å². The van der Waals surface area contributed by atoms with Gasteiger partial charge in [0.1, 0.15) is 0 Å². The van der Waals surface area contributed by atoms with Crippen molar-refractivity contribution in [3.63, 3.8) is 0 Å². The van der Waals surface area contributed by atoms with Crippen LogP contribution in [0.1, 0.15) is 36.4 Å². The molecule has 2 aromatic rings. The lowest BCUT2D eigenvalue weighted by molar-refractivity contribution is 0.307. The highest BCUT2D eigenvalue weighted by Crippen LogP contribution is 2.23. The number of nitrogens with zero attached hydrogens (tertiary/aromatic N) is 3. The first-order valence-corrected chi connectivity index (χ1v) is 8.32. The first-order valence-electron chi connectivity index (χ1n) is 7.53. The maximum atomic E-state index is 4.66. The van der Waals surface area contributed by atoms with Crippen LogP contribution in [0, 0.1) is 6.92 Å². The molecule has 3 nitrogen and oxygen atoms in total. The van der Waals surface area contributed by atoms with Crippen molar-refractivity contribution in [1.29, 1.82) is 0 Å². The Morgan fingerprint density at radius 1 is 1.14 bits per heavy atom. The molecule has 2 rings (SSSR count). The molecule has 0 radical (unpaired) electrons. The van der Waals surface area contributed by atoms with Crippen LogP contribution in [0.5, 0.6) is 0 Å². The molecule has 0 amide bonds. The van der Waals surface area contributed by atoms with Gasteiger partial charge in [-0.2, -0.15) is 5.10 Å². The van der Waals surface area contributed by atoms with E-state index in [2.05, 4.69) is 82.7 Å². The van der Waals surface area contributed by atoms with Gasteiger partial charge < -0.3 is 0 Å². The molecule has 0 aliphatic carbocycles. The van der Waals surface area contributed by atoms with Gasteiger partial charge in [-0.25, -0.2) is 0 Å². The molecule has 0 saturated carbocycles. The Morgan fingerprint density at radius 3 is 2.38 bits per heavy atom. The molecule has 4 heteroatoms. The fraction of sp³-hybridized carbons (Fsp3) is 0.471. The van der Waals surface area contributed by atoms with Gasteiger partial charge in [-0.3, -0.25) is 9.58 Å². The van der Waals surface area contributed by atoms with Crippen LogP contribution < -0.4 is 0 Å². The lowest BCUT2D eigenvalue weighted by Crippen LogP contribution is -2.20. The summed E-state index contributed by atoms with van der Waals surface area (Å²) in [4.78, 5) is 2.33. The molecular formula is C17H24BrN3. The molecule has 0 bridgehead atoms. The van der Waals surface area contributed by atoms with Crippen molar-refractivity contribution < 1.29 is 0 Å². The average Bonchev–Trinajstić information content (AvgIpc) is 2.77. The topological polar surface area (TPSA) is 21.1 Å².